The fraction of sp³-hybridized carbons (Fsp3) is 0.500. The lowest BCUT2D eigenvalue weighted by Crippen LogP contribution is -3.00. The van der Waals surface area contributed by atoms with Crippen molar-refractivity contribution in [2.75, 3.05) is 6.61 Å². The summed E-state index contributed by atoms with van der Waals surface area (Å²) in [5.41, 5.74) is 0. The molecule has 1 N–H and O–H groups in total. The van der Waals surface area contributed by atoms with Crippen molar-refractivity contribution in [1.29, 1.82) is 0 Å². The summed E-state index contributed by atoms with van der Waals surface area (Å²) in [7, 11) is 0. The summed E-state index contributed by atoms with van der Waals surface area (Å²) < 4.78 is 0. The van der Waals surface area contributed by atoms with Crippen molar-refractivity contribution in [2.24, 2.45) is 0 Å². The Hall–Kier alpha value is -0.170. The molecule has 0 aromatic carbocycles. The van der Waals surface area contributed by atoms with E-state index in [-0.39, 0.29) is 12.4 Å². The second kappa shape index (κ2) is 9.16. The molecule has 0 aliphatic rings. The van der Waals surface area contributed by atoms with Crippen LogP contribution in [-0.4, -0.2) is 18.0 Å². The summed E-state index contributed by atoms with van der Waals surface area (Å²) in [6, 6.07) is 0. The third kappa shape index (κ3) is 18.6. The molecular weight excluding hydrogens is 91.5 g/mol. The Kier molecular flexibility index (Phi) is 16.2. The van der Waals surface area contributed by atoms with Gasteiger partial charge in [-0.3, -0.25) is 0 Å². The lowest BCUT2D eigenvalue weighted by molar-refractivity contribution is -0.00000270. The number of hydrogen-bond donors (Lipinski definition) is 1. The molecule has 0 atom stereocenters. The van der Waals surface area contributed by atoms with E-state index >= 15 is 0 Å². The van der Waals surface area contributed by atoms with Crippen LogP contribution in [0.1, 0.15) is 0 Å². The summed E-state index contributed by atoms with van der Waals surface area (Å²) >= 11 is 0. The van der Waals surface area contributed by atoms with E-state index in [0.717, 1.165) is 0 Å². The fourth-order valence-electron chi connectivity index (χ4n) is 0. The third-order valence-electron chi connectivity index (χ3n) is 0.0645. The molecule has 0 bridgehead atoms. The first-order valence-electron chi connectivity index (χ1n) is 0.874. The topological polar surface area (TPSA) is 37.3 Å². The maximum Gasteiger partial charge on any atom is 0.536 e. The van der Waals surface area contributed by atoms with Crippen LogP contribution in [0, 0.1) is 0 Å². The van der Waals surface area contributed by atoms with E-state index in [4.69, 9.17) is 9.90 Å². The largest absolute Gasteiger partial charge is 1.00 e. The van der Waals surface area contributed by atoms with Crippen LogP contribution in [0.15, 0.2) is 0 Å². The average Bonchev–Trinajstić information content (AvgIpc) is 1.37. The Morgan fingerprint density at radius 1 is 1.80 bits per heavy atom. The number of aliphatic hydroxyl groups excluding tert-OH is 1. The minimum atomic E-state index is -0.486. The molecule has 0 radical (unpaired) electrons. The third-order valence-corrected chi connectivity index (χ3v) is 0.0645. The molecule has 2 nitrogen and oxygen atoms in total. The summed E-state index contributed by atoms with van der Waals surface area (Å²) in [4.78, 5) is 8.80. The molecule has 0 unspecified atom stereocenters. The van der Waals surface area contributed by atoms with Crippen LogP contribution >= 0.6 is 0 Å². The van der Waals surface area contributed by atoms with Gasteiger partial charge in [-0.25, -0.2) is 0 Å². The molecule has 0 saturated heterocycles. The molecule has 0 amide bonds. The standard InChI is InChI=1S/C2H3O2.ClH/c3-1-2-4;/h3H,1H2;1H/q+1;/p-1. The predicted molar refractivity (Wildman–Crippen MR) is 12.8 cm³/mol. The summed E-state index contributed by atoms with van der Waals surface area (Å²) in [6.45, 7) is -0.486. The van der Waals surface area contributed by atoms with Gasteiger partial charge in [-0.2, -0.15) is 0 Å². The average molecular weight is 94.5 g/mol. The molecule has 0 saturated carbocycles. The van der Waals surface area contributed by atoms with Gasteiger partial charge in [-0.15, -0.1) is 0 Å². The highest BCUT2D eigenvalue weighted by Crippen LogP contribution is 1.28. The van der Waals surface area contributed by atoms with E-state index in [1.165, 1.54) is 6.29 Å². The van der Waals surface area contributed by atoms with Gasteiger partial charge in [0.05, 0.1) is 0 Å². The molecule has 0 rings (SSSR count). The van der Waals surface area contributed by atoms with Crippen LogP contribution in [0.2, 0.25) is 0 Å². The van der Waals surface area contributed by atoms with Gasteiger partial charge in [0.2, 0.25) is 0 Å². The summed E-state index contributed by atoms with van der Waals surface area (Å²) in [6.07, 6.45) is 1.24. The van der Waals surface area contributed by atoms with Gasteiger partial charge < -0.3 is 17.5 Å². The van der Waals surface area contributed by atoms with Crippen molar-refractivity contribution in [2.45, 2.75) is 0 Å². The van der Waals surface area contributed by atoms with Crippen molar-refractivity contribution in [3.05, 3.63) is 0 Å². The van der Waals surface area contributed by atoms with Crippen molar-refractivity contribution < 1.29 is 22.3 Å². The Bertz CT molecular complexity index is 21.6. The van der Waals surface area contributed by atoms with Gasteiger partial charge in [0, 0.05) is 4.79 Å². The fourth-order valence-corrected chi connectivity index (χ4v) is 0. The Labute approximate surface area is 36.2 Å². The zero-order chi connectivity index (χ0) is 3.41. The van der Waals surface area contributed by atoms with Crippen LogP contribution in [0.3, 0.4) is 0 Å². The highest BCUT2D eigenvalue weighted by Gasteiger charge is 1.80. The van der Waals surface area contributed by atoms with Gasteiger partial charge in [-0.05, 0) is 0 Å². The van der Waals surface area contributed by atoms with E-state index in [0.29, 0.717) is 0 Å². The molecule has 0 aliphatic heterocycles. The monoisotopic (exact) mass is 94.0 g/mol. The molecule has 0 aromatic rings. The lowest BCUT2D eigenvalue weighted by Gasteiger charge is -1.34. The highest BCUT2D eigenvalue weighted by molar-refractivity contribution is 5.51. The van der Waals surface area contributed by atoms with Gasteiger partial charge in [0.25, 0.3) is 0 Å². The van der Waals surface area contributed by atoms with E-state index in [9.17, 15) is 0 Å². The number of halogens is 1. The second-order valence-electron chi connectivity index (χ2n) is 0.302. The molecular formula is C2H3ClO2. The van der Waals surface area contributed by atoms with Crippen molar-refractivity contribution in [3.8, 4) is 0 Å². The molecule has 0 spiro atoms. The van der Waals surface area contributed by atoms with Gasteiger partial charge in [-0.1, -0.05) is 0 Å². The van der Waals surface area contributed by atoms with Crippen LogP contribution < -0.4 is 12.4 Å². The van der Waals surface area contributed by atoms with Crippen LogP contribution in [-0.2, 0) is 4.79 Å². The van der Waals surface area contributed by atoms with E-state index < -0.39 is 6.61 Å². The first kappa shape index (κ1) is 8.85. The minimum Gasteiger partial charge on any atom is -1.00 e. The van der Waals surface area contributed by atoms with Crippen molar-refractivity contribution in [1.82, 2.24) is 0 Å². The minimum absolute atomic E-state index is 0. The maximum atomic E-state index is 8.80. The molecule has 3 heteroatoms. The quantitative estimate of drug-likeness (QED) is 0.337. The summed E-state index contributed by atoms with van der Waals surface area (Å²) in [5.74, 6) is 0. The molecule has 0 heterocycles. The smallest absolute Gasteiger partial charge is 0.536 e. The molecule has 30 valence electrons. The lowest BCUT2D eigenvalue weighted by atomic mass is 10.9. The number of rotatable bonds is 1. The Balaban J connectivity index is 0. The zero-order valence-corrected chi connectivity index (χ0v) is 3.20. The van der Waals surface area contributed by atoms with Gasteiger partial charge in [0.15, 0.2) is 0 Å². The number of aliphatic hydroxyl groups is 1. The van der Waals surface area contributed by atoms with Crippen LogP contribution in [0.5, 0.6) is 0 Å². The van der Waals surface area contributed by atoms with E-state index in [1.807, 2.05) is 0 Å². The first-order valence-corrected chi connectivity index (χ1v) is 0.874. The molecule has 0 fully saturated rings. The molecule has 0 aliphatic carbocycles. The number of hydrogen-bond acceptors (Lipinski definition) is 2. The van der Waals surface area contributed by atoms with Crippen molar-refractivity contribution >= 4 is 6.29 Å². The summed E-state index contributed by atoms with van der Waals surface area (Å²) in [5, 5.41) is 7.45. The zero-order valence-electron chi connectivity index (χ0n) is 2.44. The number of carbonyl (C=O) groups excluding carboxylic acids is 1. The van der Waals surface area contributed by atoms with Gasteiger partial charge in [0.1, 0.15) is 0 Å². The Morgan fingerprint density at radius 2 is 2.00 bits per heavy atom. The highest BCUT2D eigenvalue weighted by atomic mass is 35.5. The normalized spacial score (nSPS) is 4.20. The van der Waals surface area contributed by atoms with Crippen LogP contribution in [0.4, 0.5) is 0 Å². The SMILES string of the molecule is O=[C+]CO.[Cl-]. The van der Waals surface area contributed by atoms with E-state index in [2.05, 4.69) is 0 Å². The molecule has 5 heavy (non-hydrogen) atoms. The maximum absolute atomic E-state index is 8.80. The Morgan fingerprint density at radius 3 is 2.00 bits per heavy atom. The van der Waals surface area contributed by atoms with Crippen molar-refractivity contribution in [3.63, 3.8) is 0 Å². The van der Waals surface area contributed by atoms with E-state index in [1.54, 1.807) is 0 Å². The first-order chi connectivity index (χ1) is 1.91. The molecule has 0 aromatic heterocycles. The second-order valence-corrected chi connectivity index (χ2v) is 0.302. The van der Waals surface area contributed by atoms with Crippen LogP contribution in [0.25, 0.3) is 0 Å². The van der Waals surface area contributed by atoms with Gasteiger partial charge >= 0.3 is 12.9 Å². The predicted octanol–water partition coefficient (Wildman–Crippen LogP) is -3.91.